The van der Waals surface area contributed by atoms with E-state index in [1.807, 2.05) is 36.4 Å². The summed E-state index contributed by atoms with van der Waals surface area (Å²) in [6, 6.07) is 73.2. The molecule has 0 atom stereocenters. The third-order valence-electron chi connectivity index (χ3n) is 10.9. The Labute approximate surface area is 324 Å². The highest BCUT2D eigenvalue weighted by atomic mass is 15.0. The Bertz CT molecular complexity index is 3160. The van der Waals surface area contributed by atoms with Gasteiger partial charge in [-0.25, -0.2) is 9.97 Å². The van der Waals surface area contributed by atoms with E-state index < -0.39 is 0 Å². The molecule has 0 N–H and O–H groups in total. The van der Waals surface area contributed by atoms with Gasteiger partial charge >= 0.3 is 0 Å². The highest BCUT2D eigenvalue weighted by Crippen LogP contribution is 2.38. The number of para-hydroxylation sites is 3. The average Bonchev–Trinajstić information content (AvgIpc) is 3.79. The highest BCUT2D eigenvalue weighted by Gasteiger charge is 2.17. The van der Waals surface area contributed by atoms with Crippen LogP contribution in [0.15, 0.2) is 206 Å². The van der Waals surface area contributed by atoms with E-state index >= 15 is 0 Å². The molecule has 8 aromatic carbocycles. The van der Waals surface area contributed by atoms with E-state index in [4.69, 9.17) is 9.97 Å². The SMILES string of the molecule is c1ccc(-c2cc(-c3ccc(-n4c5ccccc5c5cc(-c6ccc7c(c6)c6ccccc6n7-c6ccccc6)ccc54)cc3)nc(-c3ccccc3)n2)cc1. The van der Waals surface area contributed by atoms with Crippen molar-refractivity contribution in [1.29, 1.82) is 0 Å². The van der Waals surface area contributed by atoms with Crippen LogP contribution in [0, 0.1) is 0 Å². The Morgan fingerprint density at radius 2 is 0.661 bits per heavy atom. The third kappa shape index (κ3) is 5.31. The van der Waals surface area contributed by atoms with Crippen molar-refractivity contribution in [3.63, 3.8) is 0 Å². The molecule has 0 amide bonds. The molecule has 0 aliphatic rings. The summed E-state index contributed by atoms with van der Waals surface area (Å²) in [6.45, 7) is 0. The topological polar surface area (TPSA) is 35.6 Å². The molecule has 0 aliphatic carbocycles. The largest absolute Gasteiger partial charge is 0.309 e. The fourth-order valence-corrected chi connectivity index (χ4v) is 8.29. The summed E-state index contributed by atoms with van der Waals surface area (Å²) in [5.41, 5.74) is 14.3. The molecular weight excluding hydrogens is 681 g/mol. The van der Waals surface area contributed by atoms with Gasteiger partial charge in [-0.15, -0.1) is 0 Å². The van der Waals surface area contributed by atoms with E-state index in [2.05, 4.69) is 179 Å². The first-order valence-corrected chi connectivity index (χ1v) is 19.0. The Morgan fingerprint density at radius 3 is 1.20 bits per heavy atom. The van der Waals surface area contributed by atoms with Gasteiger partial charge in [0.1, 0.15) is 0 Å². The predicted octanol–water partition coefficient (Wildman–Crippen LogP) is 13.3. The zero-order chi connectivity index (χ0) is 37.0. The Balaban J connectivity index is 1.01. The van der Waals surface area contributed by atoms with Gasteiger partial charge in [-0.05, 0) is 77.9 Å². The van der Waals surface area contributed by atoms with Crippen LogP contribution in [0.5, 0.6) is 0 Å². The smallest absolute Gasteiger partial charge is 0.160 e. The summed E-state index contributed by atoms with van der Waals surface area (Å²) in [5, 5.41) is 4.96. The Kier molecular flexibility index (Phi) is 7.46. The molecule has 0 spiro atoms. The van der Waals surface area contributed by atoms with Crippen LogP contribution in [0.25, 0.3) is 100 Å². The van der Waals surface area contributed by atoms with E-state index in [-0.39, 0.29) is 0 Å². The molecule has 11 rings (SSSR count). The van der Waals surface area contributed by atoms with Crippen molar-refractivity contribution in [2.24, 2.45) is 0 Å². The van der Waals surface area contributed by atoms with Gasteiger partial charge in [0.25, 0.3) is 0 Å². The number of benzene rings is 8. The lowest BCUT2D eigenvalue weighted by Gasteiger charge is -2.12. The molecule has 0 saturated carbocycles. The molecule has 0 fully saturated rings. The summed E-state index contributed by atoms with van der Waals surface area (Å²) in [5.74, 6) is 0.713. The summed E-state index contributed by atoms with van der Waals surface area (Å²) in [4.78, 5) is 10.0. The Morgan fingerprint density at radius 1 is 0.268 bits per heavy atom. The molecule has 0 radical (unpaired) electrons. The molecule has 4 heteroatoms. The number of fused-ring (bicyclic) bond motifs is 6. The second-order valence-electron chi connectivity index (χ2n) is 14.2. The number of aromatic nitrogens is 4. The van der Waals surface area contributed by atoms with Crippen LogP contribution in [0.4, 0.5) is 0 Å². The van der Waals surface area contributed by atoms with Crippen LogP contribution in [0.1, 0.15) is 0 Å². The molecule has 0 saturated heterocycles. The number of rotatable bonds is 6. The van der Waals surface area contributed by atoms with Crippen LogP contribution >= 0.6 is 0 Å². The molecule has 3 aromatic heterocycles. The molecule has 3 heterocycles. The quantitative estimate of drug-likeness (QED) is 0.172. The van der Waals surface area contributed by atoms with E-state index in [1.54, 1.807) is 0 Å². The van der Waals surface area contributed by atoms with Crippen LogP contribution in [0.2, 0.25) is 0 Å². The summed E-state index contributed by atoms with van der Waals surface area (Å²) in [6.07, 6.45) is 0. The summed E-state index contributed by atoms with van der Waals surface area (Å²) >= 11 is 0. The maximum absolute atomic E-state index is 5.06. The van der Waals surface area contributed by atoms with Gasteiger partial charge in [0, 0.05) is 49.6 Å². The maximum atomic E-state index is 5.06. The molecule has 0 aliphatic heterocycles. The van der Waals surface area contributed by atoms with Crippen molar-refractivity contribution in [1.82, 2.24) is 19.1 Å². The van der Waals surface area contributed by atoms with E-state index in [0.29, 0.717) is 5.82 Å². The zero-order valence-electron chi connectivity index (χ0n) is 30.4. The molecule has 0 bridgehead atoms. The third-order valence-corrected chi connectivity index (χ3v) is 10.9. The normalized spacial score (nSPS) is 11.6. The second kappa shape index (κ2) is 13.1. The van der Waals surface area contributed by atoms with Gasteiger partial charge in [-0.2, -0.15) is 0 Å². The van der Waals surface area contributed by atoms with E-state index in [0.717, 1.165) is 33.8 Å². The van der Waals surface area contributed by atoms with Crippen molar-refractivity contribution in [2.75, 3.05) is 0 Å². The average molecular weight is 715 g/mol. The van der Waals surface area contributed by atoms with Crippen molar-refractivity contribution < 1.29 is 0 Å². The lowest BCUT2D eigenvalue weighted by atomic mass is 10.0. The number of hydrogen-bond acceptors (Lipinski definition) is 2. The van der Waals surface area contributed by atoms with Crippen molar-refractivity contribution in [2.45, 2.75) is 0 Å². The van der Waals surface area contributed by atoms with Crippen LogP contribution in [0.3, 0.4) is 0 Å². The van der Waals surface area contributed by atoms with E-state index in [1.165, 1.54) is 60.4 Å². The summed E-state index contributed by atoms with van der Waals surface area (Å²) < 4.78 is 4.74. The molecule has 56 heavy (non-hydrogen) atoms. The molecular formula is C52H34N4. The van der Waals surface area contributed by atoms with Gasteiger partial charge in [0.05, 0.1) is 33.5 Å². The van der Waals surface area contributed by atoms with Gasteiger partial charge in [-0.3, -0.25) is 0 Å². The standard InChI is InChI=1S/C52H34N4/c1-4-14-35(15-5-1)46-34-47(54-52(53-46)37-16-6-2-7-17-37)36-24-28-41(29-25-36)56-49-23-13-11-21-43(49)45-33-39(27-31-51(45)56)38-26-30-50-44(32-38)42-20-10-12-22-48(42)55(50)40-18-8-3-9-19-40/h1-34H. The van der Waals surface area contributed by atoms with Crippen molar-refractivity contribution in [3.05, 3.63) is 206 Å². The minimum absolute atomic E-state index is 0.713. The monoisotopic (exact) mass is 714 g/mol. The molecule has 11 aromatic rings. The molecule has 4 nitrogen and oxygen atoms in total. The fraction of sp³-hybridized carbons (Fsp3) is 0. The molecule has 262 valence electrons. The Hall–Kier alpha value is -7.56. The minimum Gasteiger partial charge on any atom is -0.309 e. The first-order chi connectivity index (χ1) is 27.8. The van der Waals surface area contributed by atoms with Gasteiger partial charge in [0.2, 0.25) is 0 Å². The van der Waals surface area contributed by atoms with Crippen LogP contribution in [-0.2, 0) is 0 Å². The lowest BCUT2D eigenvalue weighted by Crippen LogP contribution is -1.97. The van der Waals surface area contributed by atoms with E-state index in [9.17, 15) is 0 Å². The van der Waals surface area contributed by atoms with Gasteiger partial charge in [-0.1, -0.05) is 140 Å². The highest BCUT2D eigenvalue weighted by molar-refractivity contribution is 6.12. The number of nitrogens with zero attached hydrogens (tertiary/aromatic N) is 4. The number of hydrogen-bond donors (Lipinski definition) is 0. The second-order valence-corrected chi connectivity index (χ2v) is 14.2. The van der Waals surface area contributed by atoms with Gasteiger partial charge in [0.15, 0.2) is 5.82 Å². The zero-order valence-corrected chi connectivity index (χ0v) is 30.4. The maximum Gasteiger partial charge on any atom is 0.160 e. The predicted molar refractivity (Wildman–Crippen MR) is 232 cm³/mol. The van der Waals surface area contributed by atoms with Crippen molar-refractivity contribution in [3.8, 4) is 56.4 Å². The fourth-order valence-electron chi connectivity index (χ4n) is 8.29. The van der Waals surface area contributed by atoms with Gasteiger partial charge < -0.3 is 9.13 Å². The first-order valence-electron chi connectivity index (χ1n) is 19.0. The molecule has 0 unspecified atom stereocenters. The lowest BCUT2D eigenvalue weighted by molar-refractivity contribution is 1.17. The summed E-state index contributed by atoms with van der Waals surface area (Å²) in [7, 11) is 0. The van der Waals surface area contributed by atoms with Crippen LogP contribution in [-0.4, -0.2) is 19.1 Å². The van der Waals surface area contributed by atoms with Crippen LogP contribution < -0.4 is 0 Å². The first kappa shape index (κ1) is 31.9. The van der Waals surface area contributed by atoms with Crippen molar-refractivity contribution >= 4 is 43.6 Å². The minimum atomic E-state index is 0.713.